The Kier molecular flexibility index (Phi) is 4.62. The Balaban J connectivity index is 1.25. The molecule has 1 aromatic carbocycles. The number of hydrogen-bond acceptors (Lipinski definition) is 6. The zero-order valence-corrected chi connectivity index (χ0v) is 17.0. The number of carbonyl (C=O) groups is 1. The molecule has 4 heterocycles. The molecule has 5 rings (SSSR count). The first kappa shape index (κ1) is 18.4. The number of fused-ring (bicyclic) bond motifs is 2. The van der Waals surface area contributed by atoms with Gasteiger partial charge in [0.05, 0.1) is 11.3 Å². The average Bonchev–Trinajstić information content (AvgIpc) is 3.12. The molecular weight excluding hydrogens is 366 g/mol. The number of benzene rings is 1. The fourth-order valence-electron chi connectivity index (χ4n) is 4.53. The second-order valence-corrected chi connectivity index (χ2v) is 8.24. The maximum atomic E-state index is 11.9. The van der Waals surface area contributed by atoms with E-state index in [-0.39, 0.29) is 12.0 Å². The van der Waals surface area contributed by atoms with Gasteiger partial charge in [-0.15, -0.1) is 0 Å². The van der Waals surface area contributed by atoms with Gasteiger partial charge in [0, 0.05) is 57.8 Å². The molecule has 1 fully saturated rings. The number of ether oxygens (including phenoxy) is 1. The second-order valence-electron chi connectivity index (χ2n) is 8.24. The van der Waals surface area contributed by atoms with Crippen molar-refractivity contribution < 1.29 is 9.53 Å². The number of carbonyl (C=O) groups excluding carboxylic acids is 1. The van der Waals surface area contributed by atoms with Gasteiger partial charge in [0.1, 0.15) is 11.9 Å². The molecule has 0 spiro atoms. The molecule has 1 saturated heterocycles. The highest BCUT2D eigenvalue weighted by Gasteiger charge is 2.27. The molecule has 1 unspecified atom stereocenters. The van der Waals surface area contributed by atoms with Gasteiger partial charge >= 0.3 is 0 Å². The first-order valence-electron chi connectivity index (χ1n) is 10.5. The van der Waals surface area contributed by atoms with Crippen LogP contribution in [0.15, 0.2) is 24.4 Å². The first-order chi connectivity index (χ1) is 14.1. The molecule has 7 nitrogen and oxygen atoms in total. The molecule has 0 aliphatic carbocycles. The summed E-state index contributed by atoms with van der Waals surface area (Å²) in [6.07, 6.45) is 3.73. The molecule has 2 aromatic rings. The van der Waals surface area contributed by atoms with E-state index in [4.69, 9.17) is 4.74 Å². The van der Waals surface area contributed by atoms with Crippen molar-refractivity contribution >= 4 is 11.9 Å². The fourth-order valence-corrected chi connectivity index (χ4v) is 4.53. The number of piperazine rings is 1. The van der Waals surface area contributed by atoms with Crippen LogP contribution in [-0.4, -0.2) is 59.6 Å². The Labute approximate surface area is 171 Å². The third-order valence-corrected chi connectivity index (χ3v) is 6.30. The summed E-state index contributed by atoms with van der Waals surface area (Å²) >= 11 is 0. The van der Waals surface area contributed by atoms with Crippen LogP contribution < -0.4 is 15.0 Å². The molecule has 0 saturated carbocycles. The van der Waals surface area contributed by atoms with Gasteiger partial charge in [0.15, 0.2) is 0 Å². The lowest BCUT2D eigenvalue weighted by Crippen LogP contribution is -2.48. The lowest BCUT2D eigenvalue weighted by Gasteiger charge is -2.38. The van der Waals surface area contributed by atoms with E-state index < -0.39 is 0 Å². The number of nitrogens with zero attached hydrogens (tertiary/aromatic N) is 4. The smallest absolute Gasteiger partial charge is 0.254 e. The summed E-state index contributed by atoms with van der Waals surface area (Å²) in [4.78, 5) is 25.8. The maximum Gasteiger partial charge on any atom is 0.254 e. The van der Waals surface area contributed by atoms with Gasteiger partial charge in [0.2, 0.25) is 5.95 Å². The Morgan fingerprint density at radius 1 is 1.24 bits per heavy atom. The number of nitrogens with one attached hydrogen (secondary N) is 1. The zero-order valence-electron chi connectivity index (χ0n) is 17.0. The van der Waals surface area contributed by atoms with Gasteiger partial charge in [-0.2, -0.15) is 0 Å². The second kappa shape index (κ2) is 7.30. The third kappa shape index (κ3) is 3.44. The first-order valence-corrected chi connectivity index (χ1v) is 10.5. The van der Waals surface area contributed by atoms with Gasteiger partial charge in [-0.25, -0.2) is 9.97 Å². The Hall–Kier alpha value is -2.67. The van der Waals surface area contributed by atoms with Crippen molar-refractivity contribution in [2.45, 2.75) is 38.8 Å². The monoisotopic (exact) mass is 393 g/mol. The minimum Gasteiger partial charge on any atom is -0.490 e. The molecule has 29 heavy (non-hydrogen) atoms. The molecule has 1 N–H and O–H groups in total. The number of anilines is 1. The van der Waals surface area contributed by atoms with Crippen LogP contribution >= 0.6 is 0 Å². The van der Waals surface area contributed by atoms with Crippen molar-refractivity contribution in [2.24, 2.45) is 0 Å². The maximum absolute atomic E-state index is 11.9. The Bertz CT molecular complexity index is 939. The predicted molar refractivity (Wildman–Crippen MR) is 111 cm³/mol. The van der Waals surface area contributed by atoms with E-state index in [9.17, 15) is 4.79 Å². The van der Waals surface area contributed by atoms with Crippen molar-refractivity contribution in [1.29, 1.82) is 0 Å². The lowest BCUT2D eigenvalue weighted by atomic mass is 10.0. The van der Waals surface area contributed by atoms with Crippen LogP contribution in [0.2, 0.25) is 0 Å². The highest BCUT2D eigenvalue weighted by molar-refractivity contribution is 5.96. The van der Waals surface area contributed by atoms with Crippen molar-refractivity contribution in [3.63, 3.8) is 0 Å². The Morgan fingerprint density at radius 3 is 2.90 bits per heavy atom. The van der Waals surface area contributed by atoms with Gasteiger partial charge in [-0.05, 0) is 31.0 Å². The van der Waals surface area contributed by atoms with Crippen molar-refractivity contribution in [3.8, 4) is 5.75 Å². The number of aromatic nitrogens is 2. The van der Waals surface area contributed by atoms with Crippen LogP contribution in [0.4, 0.5) is 5.95 Å². The lowest BCUT2D eigenvalue weighted by molar-refractivity contribution is 0.0944. The summed E-state index contributed by atoms with van der Waals surface area (Å²) in [6, 6.07) is 7.02. The summed E-state index contributed by atoms with van der Waals surface area (Å²) < 4.78 is 5.94. The topological polar surface area (TPSA) is 70.6 Å². The molecule has 7 heteroatoms. The molecule has 1 amide bonds. The zero-order chi connectivity index (χ0) is 20.0. The SMILES string of the molecule is CC(c1ccc2c(c1)O[C@H](C)C2)N1CCN(c2ncc3c(n2)CCNC3=O)CC1. The van der Waals surface area contributed by atoms with Gasteiger partial charge in [-0.3, -0.25) is 9.69 Å². The van der Waals surface area contributed by atoms with Crippen molar-refractivity contribution in [3.05, 3.63) is 46.8 Å². The average molecular weight is 393 g/mol. The number of rotatable bonds is 3. The predicted octanol–water partition coefficient (Wildman–Crippen LogP) is 1.97. The normalized spacial score (nSPS) is 22.5. The van der Waals surface area contributed by atoms with E-state index in [0.29, 0.717) is 18.2 Å². The summed E-state index contributed by atoms with van der Waals surface area (Å²) in [5.41, 5.74) is 4.10. The molecular formula is C22H27N5O2. The molecule has 1 aromatic heterocycles. The Morgan fingerprint density at radius 2 is 2.07 bits per heavy atom. The highest BCUT2D eigenvalue weighted by Crippen LogP contribution is 2.33. The van der Waals surface area contributed by atoms with Gasteiger partial charge in [-0.1, -0.05) is 12.1 Å². The summed E-state index contributed by atoms with van der Waals surface area (Å²) in [5, 5.41) is 2.84. The highest BCUT2D eigenvalue weighted by atomic mass is 16.5. The van der Waals surface area contributed by atoms with E-state index in [1.165, 1.54) is 11.1 Å². The molecule has 3 aliphatic heterocycles. The largest absolute Gasteiger partial charge is 0.490 e. The summed E-state index contributed by atoms with van der Waals surface area (Å²) in [5.74, 6) is 1.72. The van der Waals surface area contributed by atoms with Crippen LogP contribution in [0.3, 0.4) is 0 Å². The molecule has 152 valence electrons. The number of amides is 1. The van der Waals surface area contributed by atoms with Crippen LogP contribution in [-0.2, 0) is 12.8 Å². The van der Waals surface area contributed by atoms with Crippen LogP contribution in [0, 0.1) is 0 Å². The summed E-state index contributed by atoms with van der Waals surface area (Å²) in [6.45, 7) is 8.71. The van der Waals surface area contributed by atoms with Gasteiger partial charge in [0.25, 0.3) is 5.91 Å². The molecule has 2 atom stereocenters. The summed E-state index contributed by atoms with van der Waals surface area (Å²) in [7, 11) is 0. The third-order valence-electron chi connectivity index (χ3n) is 6.30. The van der Waals surface area contributed by atoms with Crippen molar-refractivity contribution in [2.75, 3.05) is 37.6 Å². The van der Waals surface area contributed by atoms with E-state index in [1.54, 1.807) is 6.20 Å². The number of hydrogen-bond donors (Lipinski definition) is 1. The van der Waals surface area contributed by atoms with E-state index in [1.807, 2.05) is 0 Å². The van der Waals surface area contributed by atoms with Crippen LogP contribution in [0.25, 0.3) is 0 Å². The van der Waals surface area contributed by atoms with Gasteiger partial charge < -0.3 is 15.0 Å². The van der Waals surface area contributed by atoms with Crippen LogP contribution in [0.1, 0.15) is 47.1 Å². The fraction of sp³-hybridized carbons (Fsp3) is 0.500. The molecule has 0 bridgehead atoms. The molecule has 3 aliphatic rings. The van der Waals surface area contributed by atoms with Crippen molar-refractivity contribution in [1.82, 2.24) is 20.2 Å². The van der Waals surface area contributed by atoms with E-state index >= 15 is 0 Å². The standard InChI is InChI=1S/C22H27N5O2/c1-14-11-17-4-3-16(12-20(17)29-14)15(2)26-7-9-27(10-8-26)22-24-13-18-19(25-22)5-6-23-21(18)28/h3-4,12-15H,5-11H2,1-2H3,(H,23,28)/t14-,15?/m1/s1. The minimum atomic E-state index is -0.0656. The van der Waals surface area contributed by atoms with E-state index in [2.05, 4.69) is 57.1 Å². The van der Waals surface area contributed by atoms with E-state index in [0.717, 1.165) is 56.4 Å². The molecule has 0 radical (unpaired) electrons. The quantitative estimate of drug-likeness (QED) is 0.860. The minimum absolute atomic E-state index is 0.0656. The van der Waals surface area contributed by atoms with Crippen LogP contribution in [0.5, 0.6) is 5.75 Å².